The number of rotatable bonds is 4. The Kier molecular flexibility index (Phi) is 9.74. The van der Waals surface area contributed by atoms with E-state index in [9.17, 15) is 27.2 Å². The number of hydrogen-bond donors (Lipinski definition) is 2. The zero-order chi connectivity index (χ0) is 27.9. The van der Waals surface area contributed by atoms with Crippen LogP contribution in [0.5, 0.6) is 0 Å². The lowest BCUT2D eigenvalue weighted by molar-refractivity contribution is -0.192. The van der Waals surface area contributed by atoms with Gasteiger partial charge >= 0.3 is 24.1 Å². The van der Waals surface area contributed by atoms with Gasteiger partial charge in [-0.1, -0.05) is 19.9 Å². The van der Waals surface area contributed by atoms with E-state index in [0.717, 1.165) is 5.56 Å². The molecule has 0 radical (unpaired) electrons. The lowest BCUT2D eigenvalue weighted by Crippen LogP contribution is -2.58. The van der Waals surface area contributed by atoms with E-state index in [2.05, 4.69) is 20.0 Å². The van der Waals surface area contributed by atoms with Gasteiger partial charge in [-0.15, -0.1) is 0 Å². The van der Waals surface area contributed by atoms with Crippen LogP contribution in [0.25, 0.3) is 0 Å². The summed E-state index contributed by atoms with van der Waals surface area (Å²) in [6.07, 6.45) is -2.17. The van der Waals surface area contributed by atoms with Crippen LogP contribution in [0.2, 0.25) is 0 Å². The first-order chi connectivity index (χ1) is 17.2. The number of halogens is 4. The lowest BCUT2D eigenvalue weighted by atomic mass is 10.00. The number of alkyl halides is 3. The molecule has 202 valence electrons. The fraction of sp³-hybridized carbons (Fsp3) is 0.435. The van der Waals surface area contributed by atoms with Crippen LogP contribution in [-0.2, 0) is 9.53 Å². The molecular weight excluding hydrogens is 502 g/mol. The number of piperazine rings is 1. The molecule has 2 heterocycles. The number of esters is 1. The summed E-state index contributed by atoms with van der Waals surface area (Å²) >= 11 is 0. The molecule has 37 heavy (non-hydrogen) atoms. The molecule has 1 aromatic carbocycles. The fourth-order valence-corrected chi connectivity index (χ4v) is 3.46. The predicted molar refractivity (Wildman–Crippen MR) is 125 cm³/mol. The molecule has 1 saturated heterocycles. The first-order valence-electron chi connectivity index (χ1n) is 11.0. The van der Waals surface area contributed by atoms with Crippen molar-refractivity contribution >= 4 is 29.5 Å². The second-order valence-electron chi connectivity index (χ2n) is 8.42. The quantitative estimate of drug-likeness (QED) is 0.454. The third kappa shape index (κ3) is 8.02. The number of benzene rings is 1. The van der Waals surface area contributed by atoms with Crippen molar-refractivity contribution in [1.29, 1.82) is 0 Å². The zero-order valence-corrected chi connectivity index (χ0v) is 20.5. The monoisotopic (exact) mass is 529 g/mol. The Labute approximate surface area is 210 Å². The van der Waals surface area contributed by atoms with Gasteiger partial charge in [-0.25, -0.2) is 28.7 Å². The normalized spacial score (nSPS) is 15.5. The predicted octanol–water partition coefficient (Wildman–Crippen LogP) is 3.72. The maximum absolute atomic E-state index is 14.1. The first kappa shape index (κ1) is 29.3. The average Bonchev–Trinajstić information content (AvgIpc) is 2.85. The van der Waals surface area contributed by atoms with Crippen LogP contribution < -0.4 is 10.2 Å². The van der Waals surface area contributed by atoms with E-state index in [0.29, 0.717) is 25.5 Å². The maximum Gasteiger partial charge on any atom is 0.490 e. The molecule has 10 nitrogen and oxygen atoms in total. The molecule has 1 aliphatic heterocycles. The molecule has 0 saturated carbocycles. The van der Waals surface area contributed by atoms with Gasteiger partial charge in [0, 0.05) is 19.6 Å². The summed E-state index contributed by atoms with van der Waals surface area (Å²) in [5.74, 6) is -2.97. The molecule has 2 N–H and O–H groups in total. The van der Waals surface area contributed by atoms with Crippen LogP contribution in [0.4, 0.5) is 33.9 Å². The van der Waals surface area contributed by atoms with E-state index in [1.54, 1.807) is 17.0 Å². The highest BCUT2D eigenvalue weighted by Crippen LogP contribution is 2.23. The van der Waals surface area contributed by atoms with Crippen molar-refractivity contribution in [3.05, 3.63) is 47.7 Å². The highest BCUT2D eigenvalue weighted by atomic mass is 19.4. The van der Waals surface area contributed by atoms with Gasteiger partial charge in [0.15, 0.2) is 5.69 Å². The second-order valence-corrected chi connectivity index (χ2v) is 8.42. The molecule has 1 unspecified atom stereocenters. The van der Waals surface area contributed by atoms with Crippen molar-refractivity contribution in [3.8, 4) is 0 Å². The minimum Gasteiger partial charge on any atom is -0.475 e. The number of carbonyl (C=O) groups is 3. The number of aromatic nitrogens is 2. The van der Waals surface area contributed by atoms with Gasteiger partial charge in [0.05, 0.1) is 31.2 Å². The Balaban J connectivity index is 0.000000604. The van der Waals surface area contributed by atoms with E-state index in [4.69, 9.17) is 9.90 Å². The summed E-state index contributed by atoms with van der Waals surface area (Å²) in [7, 11) is 1.29. The summed E-state index contributed by atoms with van der Waals surface area (Å²) in [5, 5.41) is 9.83. The van der Waals surface area contributed by atoms with Crippen molar-refractivity contribution in [2.24, 2.45) is 5.92 Å². The van der Waals surface area contributed by atoms with Gasteiger partial charge < -0.3 is 25.0 Å². The summed E-state index contributed by atoms with van der Waals surface area (Å²) in [6.45, 7) is 7.45. The van der Waals surface area contributed by atoms with Crippen molar-refractivity contribution in [2.75, 3.05) is 37.0 Å². The molecule has 1 fully saturated rings. The van der Waals surface area contributed by atoms with Gasteiger partial charge in [-0.3, -0.25) is 0 Å². The Bertz CT molecular complexity index is 1110. The number of amides is 2. The van der Waals surface area contributed by atoms with Gasteiger partial charge in [-0.05, 0) is 30.5 Å². The van der Waals surface area contributed by atoms with Crippen LogP contribution in [0.15, 0.2) is 30.6 Å². The standard InChI is InChI=1S/C21H26FN5O3.C2HF3O2/c1-13(2)18-12-26(19-11-23-17(10-24-19)20(28)30-4)7-8-27(18)21(29)25-16-9-14(3)5-6-15(16)22;3-2(4,5)1(6)7/h5-6,9-11,13,18H,7-8,12H2,1-4H3,(H,25,29);(H,6,7). The van der Waals surface area contributed by atoms with Crippen LogP contribution in [0, 0.1) is 18.7 Å². The highest BCUT2D eigenvalue weighted by molar-refractivity contribution is 5.90. The number of hydrogen-bond acceptors (Lipinski definition) is 7. The number of aliphatic carboxylic acids is 1. The van der Waals surface area contributed by atoms with Gasteiger partial charge in [0.1, 0.15) is 11.6 Å². The molecule has 1 aromatic heterocycles. The molecule has 1 aliphatic rings. The SMILES string of the molecule is COC(=O)c1cnc(N2CCN(C(=O)Nc3cc(C)ccc3F)C(C(C)C)C2)cn1.O=C(O)C(F)(F)F. The number of nitrogens with one attached hydrogen (secondary N) is 1. The number of methoxy groups -OCH3 is 1. The Morgan fingerprint density at radius 1 is 1.16 bits per heavy atom. The number of nitrogens with zero attached hydrogens (tertiary/aromatic N) is 4. The second kappa shape index (κ2) is 12.3. The van der Waals surface area contributed by atoms with Gasteiger partial charge in [0.25, 0.3) is 0 Å². The van der Waals surface area contributed by atoms with E-state index in [-0.39, 0.29) is 29.4 Å². The maximum atomic E-state index is 14.1. The van der Waals surface area contributed by atoms with Crippen molar-refractivity contribution < 1.29 is 41.8 Å². The van der Waals surface area contributed by atoms with Gasteiger partial charge in [0.2, 0.25) is 0 Å². The Morgan fingerprint density at radius 2 is 1.81 bits per heavy atom. The summed E-state index contributed by atoms with van der Waals surface area (Å²) in [6, 6.07) is 4.19. The van der Waals surface area contributed by atoms with E-state index < -0.39 is 23.9 Å². The fourth-order valence-electron chi connectivity index (χ4n) is 3.46. The molecule has 1 atom stereocenters. The zero-order valence-electron chi connectivity index (χ0n) is 20.5. The average molecular weight is 529 g/mol. The third-order valence-electron chi connectivity index (χ3n) is 5.41. The lowest BCUT2D eigenvalue weighted by Gasteiger charge is -2.43. The largest absolute Gasteiger partial charge is 0.490 e. The molecule has 0 bridgehead atoms. The van der Waals surface area contributed by atoms with Crippen LogP contribution in [0.3, 0.4) is 0 Å². The highest BCUT2D eigenvalue weighted by Gasteiger charge is 2.38. The molecular formula is C23H27F4N5O5. The molecule has 3 rings (SSSR count). The molecule has 2 amide bonds. The number of anilines is 2. The number of ether oxygens (including phenoxy) is 1. The van der Waals surface area contributed by atoms with Crippen molar-refractivity contribution in [2.45, 2.75) is 33.0 Å². The number of carbonyl (C=O) groups excluding carboxylic acids is 2. The van der Waals surface area contributed by atoms with Gasteiger partial charge in [-0.2, -0.15) is 13.2 Å². The number of aryl methyl sites for hydroxylation is 1. The van der Waals surface area contributed by atoms with E-state index in [1.165, 1.54) is 25.6 Å². The first-order valence-corrected chi connectivity index (χ1v) is 11.0. The summed E-state index contributed by atoms with van der Waals surface area (Å²) in [5.41, 5.74) is 1.18. The van der Waals surface area contributed by atoms with E-state index in [1.807, 2.05) is 25.7 Å². The van der Waals surface area contributed by atoms with Crippen LogP contribution in [-0.4, -0.2) is 76.9 Å². The Morgan fingerprint density at radius 3 is 2.32 bits per heavy atom. The van der Waals surface area contributed by atoms with Crippen LogP contribution in [0.1, 0.15) is 29.9 Å². The summed E-state index contributed by atoms with van der Waals surface area (Å²) in [4.78, 5) is 45.5. The molecule has 2 aromatic rings. The summed E-state index contributed by atoms with van der Waals surface area (Å²) < 4.78 is 50.4. The minimum atomic E-state index is -5.08. The Hall–Kier alpha value is -3.97. The van der Waals surface area contributed by atoms with Crippen molar-refractivity contribution in [3.63, 3.8) is 0 Å². The minimum absolute atomic E-state index is 0.103. The number of carboxylic acids is 1. The number of urea groups is 1. The van der Waals surface area contributed by atoms with Crippen LogP contribution >= 0.6 is 0 Å². The smallest absolute Gasteiger partial charge is 0.475 e. The number of carboxylic acid groups (broad SMARTS) is 1. The third-order valence-corrected chi connectivity index (χ3v) is 5.41. The molecule has 0 spiro atoms. The molecule has 0 aliphatic carbocycles. The van der Waals surface area contributed by atoms with Crippen molar-refractivity contribution in [1.82, 2.24) is 14.9 Å². The topological polar surface area (TPSA) is 125 Å². The molecule has 14 heteroatoms. The van der Waals surface area contributed by atoms with E-state index >= 15 is 0 Å².